The highest BCUT2D eigenvalue weighted by molar-refractivity contribution is 5.15. The first-order chi connectivity index (χ1) is 8.66. The zero-order valence-electron chi connectivity index (χ0n) is 11.7. The molecule has 1 saturated carbocycles. The molecule has 0 saturated heterocycles. The molecule has 18 heavy (non-hydrogen) atoms. The molecule has 1 aromatic rings. The fraction of sp³-hybridized carbons (Fsp3) is 0.857. The number of nitrogens with one attached hydrogen (secondary N) is 1. The summed E-state index contributed by atoms with van der Waals surface area (Å²) in [5, 5.41) is 12.1. The Balaban J connectivity index is 1.62. The Morgan fingerprint density at radius 2 is 2.00 bits per heavy atom. The number of nitrogens with zero attached hydrogens (tertiary/aromatic N) is 3. The molecule has 2 aliphatic rings. The standard InChI is InChI=1S/C14H24N4/c1-9(2)15-8-12-10-4-6-13-14(7-5-11(10)12)18(3)17-16-13/h9-12,15H,4-8H2,1-3H3/t10-,11+,12-/m0/s1. The summed E-state index contributed by atoms with van der Waals surface area (Å²) in [5.74, 6) is 2.79. The van der Waals surface area contributed by atoms with Crippen LogP contribution in [0.25, 0.3) is 0 Å². The molecule has 1 heterocycles. The third-order valence-electron chi connectivity index (χ3n) is 4.72. The molecule has 0 aromatic carbocycles. The molecule has 0 aliphatic heterocycles. The lowest BCUT2D eigenvalue weighted by atomic mass is 10.0. The molecule has 3 atom stereocenters. The van der Waals surface area contributed by atoms with Gasteiger partial charge in [-0.3, -0.25) is 4.68 Å². The maximum absolute atomic E-state index is 4.31. The monoisotopic (exact) mass is 248 g/mol. The Morgan fingerprint density at radius 1 is 1.28 bits per heavy atom. The van der Waals surface area contributed by atoms with Gasteiger partial charge in [-0.2, -0.15) is 0 Å². The number of fused-ring (bicyclic) bond motifs is 2. The summed E-state index contributed by atoms with van der Waals surface area (Å²) < 4.78 is 1.97. The van der Waals surface area contributed by atoms with Gasteiger partial charge in [0.2, 0.25) is 0 Å². The summed E-state index contributed by atoms with van der Waals surface area (Å²) in [4.78, 5) is 0. The predicted molar refractivity (Wildman–Crippen MR) is 71.3 cm³/mol. The number of hydrogen-bond acceptors (Lipinski definition) is 3. The summed E-state index contributed by atoms with van der Waals surface area (Å²) >= 11 is 0. The average Bonchev–Trinajstić information content (AvgIpc) is 2.84. The highest BCUT2D eigenvalue weighted by Crippen LogP contribution is 2.52. The van der Waals surface area contributed by atoms with Crippen molar-refractivity contribution in [1.29, 1.82) is 0 Å². The third-order valence-corrected chi connectivity index (χ3v) is 4.72. The van der Waals surface area contributed by atoms with Gasteiger partial charge in [-0.05, 0) is 50.0 Å². The number of aromatic nitrogens is 3. The van der Waals surface area contributed by atoms with E-state index in [1.54, 1.807) is 0 Å². The van der Waals surface area contributed by atoms with Crippen molar-refractivity contribution in [2.75, 3.05) is 6.54 Å². The molecule has 1 N–H and O–H groups in total. The molecular weight excluding hydrogens is 224 g/mol. The SMILES string of the molecule is CC(C)NC[C@@H]1[C@@H]2CCc3c(nnn3C)CC[C@@H]21. The smallest absolute Gasteiger partial charge is 0.0859 e. The highest BCUT2D eigenvalue weighted by Gasteiger charge is 2.49. The van der Waals surface area contributed by atoms with Crippen LogP contribution in [-0.4, -0.2) is 27.6 Å². The third kappa shape index (κ3) is 2.18. The van der Waals surface area contributed by atoms with Crippen molar-refractivity contribution in [3.05, 3.63) is 11.4 Å². The Kier molecular flexibility index (Phi) is 3.14. The van der Waals surface area contributed by atoms with Gasteiger partial charge in [0.1, 0.15) is 0 Å². The lowest BCUT2D eigenvalue weighted by molar-refractivity contribution is 0.522. The fourth-order valence-corrected chi connectivity index (χ4v) is 3.58. The Bertz CT molecular complexity index is 423. The lowest BCUT2D eigenvalue weighted by Crippen LogP contribution is -2.25. The Labute approximate surface area is 109 Å². The quantitative estimate of drug-likeness (QED) is 0.882. The van der Waals surface area contributed by atoms with Crippen LogP contribution in [-0.2, 0) is 19.9 Å². The zero-order chi connectivity index (χ0) is 12.7. The van der Waals surface area contributed by atoms with E-state index in [0.29, 0.717) is 6.04 Å². The number of hydrogen-bond donors (Lipinski definition) is 1. The van der Waals surface area contributed by atoms with Crippen LogP contribution >= 0.6 is 0 Å². The van der Waals surface area contributed by atoms with Gasteiger partial charge >= 0.3 is 0 Å². The first-order valence-electron chi connectivity index (χ1n) is 7.27. The van der Waals surface area contributed by atoms with E-state index >= 15 is 0 Å². The normalized spacial score (nSPS) is 30.6. The van der Waals surface area contributed by atoms with E-state index in [1.165, 1.54) is 30.8 Å². The van der Waals surface area contributed by atoms with Gasteiger partial charge in [-0.25, -0.2) is 0 Å². The first-order valence-corrected chi connectivity index (χ1v) is 7.27. The summed E-state index contributed by atoms with van der Waals surface area (Å²) in [5.41, 5.74) is 2.62. The summed E-state index contributed by atoms with van der Waals surface area (Å²) in [6.45, 7) is 5.67. The van der Waals surface area contributed by atoms with Crippen molar-refractivity contribution in [3.8, 4) is 0 Å². The topological polar surface area (TPSA) is 42.7 Å². The largest absolute Gasteiger partial charge is 0.314 e. The van der Waals surface area contributed by atoms with Crippen LogP contribution in [0.1, 0.15) is 38.1 Å². The van der Waals surface area contributed by atoms with Crippen molar-refractivity contribution in [2.45, 2.75) is 45.6 Å². The molecule has 0 radical (unpaired) electrons. The summed E-state index contributed by atoms with van der Waals surface area (Å²) in [6.07, 6.45) is 4.92. The van der Waals surface area contributed by atoms with E-state index in [9.17, 15) is 0 Å². The molecule has 0 amide bonds. The second kappa shape index (κ2) is 4.65. The van der Waals surface area contributed by atoms with Crippen LogP contribution in [0.5, 0.6) is 0 Å². The Morgan fingerprint density at radius 3 is 2.72 bits per heavy atom. The zero-order valence-corrected chi connectivity index (χ0v) is 11.7. The molecule has 0 spiro atoms. The number of rotatable bonds is 3. The second-order valence-electron chi connectivity index (χ2n) is 6.24. The summed E-state index contributed by atoms with van der Waals surface area (Å²) in [6, 6.07) is 0.611. The van der Waals surface area contributed by atoms with Gasteiger partial charge in [-0.1, -0.05) is 19.1 Å². The van der Waals surface area contributed by atoms with E-state index in [0.717, 1.165) is 30.6 Å². The molecule has 3 rings (SSSR count). The van der Waals surface area contributed by atoms with E-state index in [2.05, 4.69) is 29.5 Å². The molecule has 2 aliphatic carbocycles. The molecular formula is C14H24N4. The predicted octanol–water partition coefficient (Wildman–Crippen LogP) is 1.55. The van der Waals surface area contributed by atoms with E-state index in [4.69, 9.17) is 0 Å². The van der Waals surface area contributed by atoms with Crippen LogP contribution in [0, 0.1) is 17.8 Å². The maximum Gasteiger partial charge on any atom is 0.0859 e. The second-order valence-corrected chi connectivity index (χ2v) is 6.24. The van der Waals surface area contributed by atoms with Crippen LogP contribution in [0.3, 0.4) is 0 Å². The Hall–Kier alpha value is -0.900. The molecule has 0 unspecified atom stereocenters. The van der Waals surface area contributed by atoms with Gasteiger partial charge in [0.25, 0.3) is 0 Å². The van der Waals surface area contributed by atoms with Crippen LogP contribution in [0.4, 0.5) is 0 Å². The lowest BCUT2D eigenvalue weighted by Gasteiger charge is -2.07. The van der Waals surface area contributed by atoms with Crippen molar-refractivity contribution < 1.29 is 0 Å². The van der Waals surface area contributed by atoms with E-state index in [1.807, 2.05) is 11.7 Å². The maximum atomic E-state index is 4.31. The number of aryl methyl sites for hydroxylation is 2. The van der Waals surface area contributed by atoms with E-state index in [-0.39, 0.29) is 0 Å². The minimum Gasteiger partial charge on any atom is -0.314 e. The van der Waals surface area contributed by atoms with Gasteiger partial charge in [0.05, 0.1) is 11.4 Å². The van der Waals surface area contributed by atoms with Gasteiger partial charge < -0.3 is 5.32 Å². The summed E-state index contributed by atoms with van der Waals surface area (Å²) in [7, 11) is 2.02. The van der Waals surface area contributed by atoms with Gasteiger partial charge in [0, 0.05) is 13.1 Å². The van der Waals surface area contributed by atoms with Crippen molar-refractivity contribution in [3.63, 3.8) is 0 Å². The molecule has 1 aromatic heterocycles. The highest BCUT2D eigenvalue weighted by atomic mass is 15.4. The fourth-order valence-electron chi connectivity index (χ4n) is 3.58. The van der Waals surface area contributed by atoms with Crippen LogP contribution in [0.2, 0.25) is 0 Å². The minimum absolute atomic E-state index is 0.611. The molecule has 100 valence electrons. The van der Waals surface area contributed by atoms with Crippen molar-refractivity contribution in [2.24, 2.45) is 24.8 Å². The van der Waals surface area contributed by atoms with E-state index < -0.39 is 0 Å². The van der Waals surface area contributed by atoms with Crippen LogP contribution < -0.4 is 5.32 Å². The first kappa shape index (κ1) is 12.2. The molecule has 4 nitrogen and oxygen atoms in total. The van der Waals surface area contributed by atoms with Crippen molar-refractivity contribution in [1.82, 2.24) is 20.3 Å². The van der Waals surface area contributed by atoms with Crippen LogP contribution in [0.15, 0.2) is 0 Å². The van der Waals surface area contributed by atoms with Gasteiger partial charge in [-0.15, -0.1) is 5.10 Å². The van der Waals surface area contributed by atoms with Gasteiger partial charge in [0.15, 0.2) is 0 Å². The molecule has 0 bridgehead atoms. The average molecular weight is 248 g/mol. The molecule has 1 fully saturated rings. The molecule has 4 heteroatoms. The minimum atomic E-state index is 0.611. The van der Waals surface area contributed by atoms with Crippen molar-refractivity contribution >= 4 is 0 Å².